The summed E-state index contributed by atoms with van der Waals surface area (Å²) in [7, 11) is 0. The molecule has 0 aromatic heterocycles. The van der Waals surface area contributed by atoms with Crippen molar-refractivity contribution >= 4 is 0 Å². The van der Waals surface area contributed by atoms with Gasteiger partial charge in [0, 0.05) is 11.6 Å². The molecule has 0 saturated carbocycles. The van der Waals surface area contributed by atoms with Crippen molar-refractivity contribution in [1.29, 1.82) is 0 Å². The normalized spacial score (nSPS) is 13.2. The minimum absolute atomic E-state index is 0.0914. The van der Waals surface area contributed by atoms with Crippen LogP contribution in [0.25, 0.3) is 0 Å². The molecule has 1 N–H and O–H groups in total. The highest BCUT2D eigenvalue weighted by molar-refractivity contribution is 5.35. The fourth-order valence-corrected chi connectivity index (χ4v) is 2.02. The Bertz CT molecular complexity index is 410. The van der Waals surface area contributed by atoms with E-state index in [1.807, 2.05) is 31.2 Å². The topological polar surface area (TPSA) is 30.5 Å². The lowest BCUT2D eigenvalue weighted by atomic mass is 10.0. The second-order valence-corrected chi connectivity index (χ2v) is 4.57. The highest BCUT2D eigenvalue weighted by atomic mass is 19.4. The SMILES string of the molecule is CCNC(CC)c1ccccc1OCCOCC(F)(F)F. The smallest absolute Gasteiger partial charge is 0.411 e. The van der Waals surface area contributed by atoms with Crippen LogP contribution in [0.3, 0.4) is 0 Å². The van der Waals surface area contributed by atoms with E-state index in [-0.39, 0.29) is 19.3 Å². The summed E-state index contributed by atoms with van der Waals surface area (Å²) in [5.74, 6) is 0.681. The minimum atomic E-state index is -4.30. The third-order valence-electron chi connectivity index (χ3n) is 2.90. The Morgan fingerprint density at radius 3 is 2.48 bits per heavy atom. The summed E-state index contributed by atoms with van der Waals surface area (Å²) in [6.07, 6.45) is -3.39. The highest BCUT2D eigenvalue weighted by Crippen LogP contribution is 2.27. The van der Waals surface area contributed by atoms with Crippen molar-refractivity contribution in [2.45, 2.75) is 32.5 Å². The van der Waals surface area contributed by atoms with Crippen LogP contribution in [-0.2, 0) is 4.74 Å². The number of hydrogen-bond acceptors (Lipinski definition) is 3. The molecule has 0 aliphatic carbocycles. The molecule has 0 amide bonds. The molecule has 0 heterocycles. The number of nitrogens with one attached hydrogen (secondary N) is 1. The largest absolute Gasteiger partial charge is 0.491 e. The van der Waals surface area contributed by atoms with Gasteiger partial charge in [0.1, 0.15) is 19.0 Å². The van der Waals surface area contributed by atoms with Gasteiger partial charge in [0.05, 0.1) is 6.61 Å². The molecule has 0 bridgehead atoms. The van der Waals surface area contributed by atoms with E-state index in [9.17, 15) is 13.2 Å². The molecule has 0 fully saturated rings. The first kappa shape index (κ1) is 17.8. The van der Waals surface area contributed by atoms with Crippen LogP contribution in [-0.4, -0.2) is 32.5 Å². The first-order valence-corrected chi connectivity index (χ1v) is 7.07. The van der Waals surface area contributed by atoms with E-state index in [2.05, 4.69) is 17.0 Å². The molecular formula is C15H22F3NO2. The molecule has 1 rings (SSSR count). The molecule has 120 valence electrons. The Balaban J connectivity index is 2.51. The number of hydrogen-bond donors (Lipinski definition) is 1. The number of ether oxygens (including phenoxy) is 2. The van der Waals surface area contributed by atoms with E-state index < -0.39 is 12.8 Å². The van der Waals surface area contributed by atoms with Gasteiger partial charge in [-0.25, -0.2) is 0 Å². The standard InChI is InChI=1S/C15H22F3NO2/c1-3-13(19-4-2)12-7-5-6-8-14(12)21-10-9-20-11-15(16,17)18/h5-8,13,19H,3-4,9-11H2,1-2H3. The Morgan fingerprint density at radius 2 is 1.86 bits per heavy atom. The van der Waals surface area contributed by atoms with Crippen LogP contribution in [0.1, 0.15) is 31.9 Å². The van der Waals surface area contributed by atoms with Gasteiger partial charge in [0.15, 0.2) is 0 Å². The maximum Gasteiger partial charge on any atom is 0.411 e. The molecule has 0 aliphatic heterocycles. The van der Waals surface area contributed by atoms with Crippen LogP contribution in [0.2, 0.25) is 0 Å². The number of halogens is 3. The fraction of sp³-hybridized carbons (Fsp3) is 0.600. The second kappa shape index (κ2) is 8.89. The van der Waals surface area contributed by atoms with Crippen LogP contribution in [0.4, 0.5) is 13.2 Å². The fourth-order valence-electron chi connectivity index (χ4n) is 2.02. The zero-order chi connectivity index (χ0) is 15.7. The van der Waals surface area contributed by atoms with Gasteiger partial charge in [0.25, 0.3) is 0 Å². The van der Waals surface area contributed by atoms with Crippen LogP contribution in [0.5, 0.6) is 5.75 Å². The van der Waals surface area contributed by atoms with Crippen molar-refractivity contribution in [2.75, 3.05) is 26.4 Å². The third kappa shape index (κ3) is 6.82. The number of alkyl halides is 3. The van der Waals surface area contributed by atoms with Crippen LogP contribution in [0.15, 0.2) is 24.3 Å². The van der Waals surface area contributed by atoms with Gasteiger partial charge in [-0.3, -0.25) is 0 Å². The Morgan fingerprint density at radius 1 is 1.14 bits per heavy atom. The van der Waals surface area contributed by atoms with E-state index in [0.29, 0.717) is 5.75 Å². The van der Waals surface area contributed by atoms with Gasteiger partial charge in [0.2, 0.25) is 0 Å². The summed E-state index contributed by atoms with van der Waals surface area (Å²) in [5.41, 5.74) is 1.01. The first-order chi connectivity index (χ1) is 9.98. The monoisotopic (exact) mass is 305 g/mol. The number of benzene rings is 1. The molecule has 1 unspecified atom stereocenters. The molecule has 0 radical (unpaired) electrons. The van der Waals surface area contributed by atoms with Crippen molar-refractivity contribution in [1.82, 2.24) is 5.32 Å². The quantitative estimate of drug-likeness (QED) is 0.706. The molecule has 21 heavy (non-hydrogen) atoms. The van der Waals surface area contributed by atoms with Crippen molar-refractivity contribution in [3.05, 3.63) is 29.8 Å². The lowest BCUT2D eigenvalue weighted by Crippen LogP contribution is -2.22. The summed E-state index contributed by atoms with van der Waals surface area (Å²) in [4.78, 5) is 0. The second-order valence-electron chi connectivity index (χ2n) is 4.57. The van der Waals surface area contributed by atoms with Gasteiger partial charge < -0.3 is 14.8 Å². The Kier molecular flexibility index (Phi) is 7.53. The zero-order valence-electron chi connectivity index (χ0n) is 12.4. The predicted octanol–water partition coefficient (Wildman–Crippen LogP) is 3.70. The lowest BCUT2D eigenvalue weighted by molar-refractivity contribution is -0.175. The maximum absolute atomic E-state index is 11.9. The van der Waals surface area contributed by atoms with E-state index in [4.69, 9.17) is 4.74 Å². The van der Waals surface area contributed by atoms with Gasteiger partial charge in [-0.15, -0.1) is 0 Å². The van der Waals surface area contributed by atoms with Crippen LogP contribution in [0, 0.1) is 0 Å². The zero-order valence-corrected chi connectivity index (χ0v) is 12.4. The Labute approximate surface area is 123 Å². The van der Waals surface area contributed by atoms with Crippen molar-refractivity contribution in [3.8, 4) is 5.75 Å². The van der Waals surface area contributed by atoms with E-state index in [0.717, 1.165) is 18.5 Å². The lowest BCUT2D eigenvalue weighted by Gasteiger charge is -2.20. The molecule has 1 atom stereocenters. The Hall–Kier alpha value is -1.27. The molecule has 3 nitrogen and oxygen atoms in total. The summed E-state index contributed by atoms with van der Waals surface area (Å²) in [6, 6.07) is 7.71. The molecule has 0 aliphatic rings. The van der Waals surface area contributed by atoms with Crippen molar-refractivity contribution in [3.63, 3.8) is 0 Å². The molecule has 1 aromatic carbocycles. The minimum Gasteiger partial charge on any atom is -0.491 e. The van der Waals surface area contributed by atoms with Gasteiger partial charge in [-0.2, -0.15) is 13.2 Å². The average molecular weight is 305 g/mol. The number of rotatable bonds is 9. The number of para-hydroxylation sites is 1. The van der Waals surface area contributed by atoms with Gasteiger partial charge in [-0.05, 0) is 19.0 Å². The average Bonchev–Trinajstić information content (AvgIpc) is 2.44. The summed E-state index contributed by atoms with van der Waals surface area (Å²) < 4.78 is 45.9. The van der Waals surface area contributed by atoms with E-state index >= 15 is 0 Å². The van der Waals surface area contributed by atoms with Gasteiger partial charge >= 0.3 is 6.18 Å². The molecule has 6 heteroatoms. The van der Waals surface area contributed by atoms with E-state index in [1.165, 1.54) is 0 Å². The predicted molar refractivity (Wildman–Crippen MR) is 75.5 cm³/mol. The molecule has 1 aromatic rings. The summed E-state index contributed by atoms with van der Waals surface area (Å²) in [5, 5.41) is 3.35. The van der Waals surface area contributed by atoms with Crippen LogP contribution >= 0.6 is 0 Å². The van der Waals surface area contributed by atoms with Crippen molar-refractivity contribution in [2.24, 2.45) is 0 Å². The molecular weight excluding hydrogens is 283 g/mol. The first-order valence-electron chi connectivity index (χ1n) is 7.07. The third-order valence-corrected chi connectivity index (χ3v) is 2.90. The highest BCUT2D eigenvalue weighted by Gasteiger charge is 2.27. The molecule has 0 spiro atoms. The van der Waals surface area contributed by atoms with E-state index in [1.54, 1.807) is 0 Å². The van der Waals surface area contributed by atoms with Gasteiger partial charge in [-0.1, -0.05) is 32.0 Å². The summed E-state index contributed by atoms with van der Waals surface area (Å²) >= 11 is 0. The van der Waals surface area contributed by atoms with Crippen molar-refractivity contribution < 1.29 is 22.6 Å². The molecule has 0 saturated heterocycles. The van der Waals surface area contributed by atoms with Crippen LogP contribution < -0.4 is 10.1 Å². The maximum atomic E-state index is 11.9. The summed E-state index contributed by atoms with van der Waals surface area (Å²) in [6.45, 7) is 3.68.